The number of halogens is 3. The maximum atomic E-state index is 12.2. The Hall–Kier alpha value is -1.95. The maximum absolute atomic E-state index is 12.2. The molecule has 2 rings (SSSR count). The predicted octanol–water partition coefficient (Wildman–Crippen LogP) is -0.597. The number of nitrogen functional groups attached to an aromatic ring is 1. The molecule has 0 aromatic carbocycles. The van der Waals surface area contributed by atoms with Gasteiger partial charge in [-0.3, -0.25) is 4.57 Å². The lowest BCUT2D eigenvalue weighted by molar-refractivity contribution is -0.124. The summed E-state index contributed by atoms with van der Waals surface area (Å²) in [7, 11) is 0. The Bertz CT molecular complexity index is 676. The molecular formula is C13H16F3N3O5. The molecule has 24 heavy (non-hydrogen) atoms. The van der Waals surface area contributed by atoms with Crippen LogP contribution in [0.25, 0.3) is 6.08 Å². The van der Waals surface area contributed by atoms with E-state index >= 15 is 0 Å². The van der Waals surface area contributed by atoms with Gasteiger partial charge in [0.1, 0.15) is 24.1 Å². The van der Waals surface area contributed by atoms with Crippen molar-refractivity contribution in [3.05, 3.63) is 28.3 Å². The summed E-state index contributed by atoms with van der Waals surface area (Å²) in [6, 6.07) is 0. The summed E-state index contributed by atoms with van der Waals surface area (Å²) in [6.45, 7) is -0.593. The monoisotopic (exact) mass is 351 g/mol. The number of allylic oxidation sites excluding steroid dienone is 1. The van der Waals surface area contributed by atoms with E-state index in [4.69, 9.17) is 15.6 Å². The van der Waals surface area contributed by atoms with Gasteiger partial charge >= 0.3 is 11.9 Å². The second-order valence-electron chi connectivity index (χ2n) is 5.22. The topological polar surface area (TPSA) is 131 Å². The number of alkyl halides is 3. The molecule has 4 atom stereocenters. The van der Waals surface area contributed by atoms with Gasteiger partial charge in [0.15, 0.2) is 6.23 Å². The summed E-state index contributed by atoms with van der Waals surface area (Å²) < 4.78 is 42.5. The molecule has 11 heteroatoms. The highest BCUT2D eigenvalue weighted by Gasteiger charge is 2.43. The van der Waals surface area contributed by atoms with Gasteiger partial charge in [-0.25, -0.2) is 4.79 Å². The van der Waals surface area contributed by atoms with E-state index in [1.807, 2.05) is 0 Å². The van der Waals surface area contributed by atoms with Gasteiger partial charge in [-0.2, -0.15) is 18.2 Å². The first-order chi connectivity index (χ1) is 11.1. The van der Waals surface area contributed by atoms with Crippen LogP contribution in [-0.4, -0.2) is 56.0 Å². The van der Waals surface area contributed by atoms with Crippen LogP contribution < -0.4 is 11.4 Å². The van der Waals surface area contributed by atoms with Crippen LogP contribution in [0.15, 0.2) is 17.1 Å². The molecule has 1 aliphatic rings. The zero-order valence-corrected chi connectivity index (χ0v) is 12.2. The van der Waals surface area contributed by atoms with Gasteiger partial charge in [-0.15, -0.1) is 0 Å². The van der Waals surface area contributed by atoms with Crippen LogP contribution in [0, 0.1) is 0 Å². The summed E-state index contributed by atoms with van der Waals surface area (Å²) in [5.74, 6) is -0.290. The minimum atomic E-state index is -4.39. The fraction of sp³-hybridized carbons (Fsp3) is 0.538. The molecule has 0 aliphatic carbocycles. The maximum Gasteiger partial charge on any atom is 0.392 e. The first-order valence-corrected chi connectivity index (χ1v) is 6.88. The molecule has 1 aliphatic heterocycles. The lowest BCUT2D eigenvalue weighted by Crippen LogP contribution is -2.36. The minimum Gasteiger partial charge on any atom is -0.394 e. The number of aliphatic hydroxyl groups excluding tert-OH is 3. The third kappa shape index (κ3) is 3.93. The highest BCUT2D eigenvalue weighted by molar-refractivity contribution is 5.59. The Kier molecular flexibility index (Phi) is 5.28. The molecule has 0 unspecified atom stereocenters. The van der Waals surface area contributed by atoms with Crippen molar-refractivity contribution in [3.8, 4) is 0 Å². The fourth-order valence-corrected chi connectivity index (χ4v) is 2.24. The molecule has 0 amide bonds. The van der Waals surface area contributed by atoms with Crippen molar-refractivity contribution in [2.45, 2.75) is 37.1 Å². The number of aliphatic hydroxyl groups is 3. The quantitative estimate of drug-likeness (QED) is 0.570. The lowest BCUT2D eigenvalue weighted by atomic mass is 10.1. The van der Waals surface area contributed by atoms with Crippen LogP contribution >= 0.6 is 0 Å². The van der Waals surface area contributed by atoms with E-state index in [-0.39, 0.29) is 11.4 Å². The van der Waals surface area contributed by atoms with Crippen LogP contribution in [0.3, 0.4) is 0 Å². The Morgan fingerprint density at radius 2 is 2.04 bits per heavy atom. The molecule has 8 nitrogen and oxygen atoms in total. The van der Waals surface area contributed by atoms with Gasteiger partial charge in [-0.05, 0) is 0 Å². The van der Waals surface area contributed by atoms with Crippen molar-refractivity contribution >= 4 is 11.9 Å². The van der Waals surface area contributed by atoms with Crippen molar-refractivity contribution in [2.24, 2.45) is 0 Å². The average molecular weight is 351 g/mol. The summed E-state index contributed by atoms with van der Waals surface area (Å²) >= 11 is 0. The largest absolute Gasteiger partial charge is 0.394 e. The van der Waals surface area contributed by atoms with Crippen LogP contribution in [-0.2, 0) is 4.74 Å². The van der Waals surface area contributed by atoms with Gasteiger partial charge in [0, 0.05) is 11.8 Å². The number of hydrogen-bond donors (Lipinski definition) is 4. The molecule has 5 N–H and O–H groups in total. The molecule has 1 saturated heterocycles. The molecule has 1 aromatic rings. The van der Waals surface area contributed by atoms with E-state index in [0.29, 0.717) is 0 Å². The molecule has 0 saturated carbocycles. The third-order valence-electron chi connectivity index (χ3n) is 3.45. The average Bonchev–Trinajstić information content (AvgIpc) is 2.76. The number of nitrogens with zero attached hydrogens (tertiary/aromatic N) is 2. The normalized spacial score (nSPS) is 27.9. The van der Waals surface area contributed by atoms with Crippen LogP contribution in [0.1, 0.15) is 18.2 Å². The van der Waals surface area contributed by atoms with Gasteiger partial charge < -0.3 is 25.8 Å². The third-order valence-corrected chi connectivity index (χ3v) is 3.45. The number of hydrogen-bond acceptors (Lipinski definition) is 7. The minimum absolute atomic E-state index is 0.0107. The Labute approximate surface area is 133 Å². The second kappa shape index (κ2) is 6.89. The van der Waals surface area contributed by atoms with Crippen LogP contribution in [0.4, 0.5) is 19.0 Å². The van der Waals surface area contributed by atoms with E-state index in [1.165, 1.54) is 0 Å². The molecule has 2 heterocycles. The molecule has 134 valence electrons. The van der Waals surface area contributed by atoms with Crippen molar-refractivity contribution in [1.82, 2.24) is 9.55 Å². The van der Waals surface area contributed by atoms with E-state index in [2.05, 4.69) is 4.98 Å². The Morgan fingerprint density at radius 3 is 2.58 bits per heavy atom. The molecule has 1 aromatic heterocycles. The molecular weight excluding hydrogens is 335 g/mol. The van der Waals surface area contributed by atoms with E-state index in [0.717, 1.165) is 22.9 Å². The predicted molar refractivity (Wildman–Crippen MR) is 75.6 cm³/mol. The summed E-state index contributed by atoms with van der Waals surface area (Å²) in [5.41, 5.74) is 4.59. The summed E-state index contributed by atoms with van der Waals surface area (Å²) in [6.07, 6.45) is -8.11. The number of nitrogens with two attached hydrogens (primary N) is 1. The first-order valence-electron chi connectivity index (χ1n) is 6.88. The molecule has 1 fully saturated rings. The first kappa shape index (κ1) is 18.4. The van der Waals surface area contributed by atoms with E-state index in [9.17, 15) is 28.2 Å². The second-order valence-corrected chi connectivity index (χ2v) is 5.22. The highest BCUT2D eigenvalue weighted by atomic mass is 19.4. The SMILES string of the molecule is Nc1nc(=O)n([C@@H]2O[C@H](CO)[C@@H](O)[C@@H]2O)cc1/C=C/CC(F)(F)F. The summed E-state index contributed by atoms with van der Waals surface area (Å²) in [5, 5.41) is 28.7. The Morgan fingerprint density at radius 1 is 1.38 bits per heavy atom. The van der Waals surface area contributed by atoms with Gasteiger partial charge in [-0.1, -0.05) is 12.2 Å². The smallest absolute Gasteiger partial charge is 0.392 e. The van der Waals surface area contributed by atoms with Gasteiger partial charge in [0.25, 0.3) is 0 Å². The number of anilines is 1. The number of ether oxygens (including phenoxy) is 1. The van der Waals surface area contributed by atoms with Gasteiger partial charge in [0.05, 0.1) is 13.0 Å². The molecule has 0 spiro atoms. The van der Waals surface area contributed by atoms with Crippen LogP contribution in [0.5, 0.6) is 0 Å². The molecule has 0 radical (unpaired) electrons. The van der Waals surface area contributed by atoms with Crippen molar-refractivity contribution in [2.75, 3.05) is 12.3 Å². The standard InChI is InChI=1S/C13H16F3N3O5/c14-13(15,16)3-1-2-6-4-19(12(23)18-10(6)17)11-9(22)8(21)7(5-20)24-11/h1-2,4,7-9,11,20-22H,3,5H2,(H2,17,18,23)/b2-1+/t7-,8-,9+,11-/m1/s1. The van der Waals surface area contributed by atoms with E-state index < -0.39 is 49.4 Å². The highest BCUT2D eigenvalue weighted by Crippen LogP contribution is 2.29. The zero-order valence-electron chi connectivity index (χ0n) is 12.2. The lowest BCUT2D eigenvalue weighted by Gasteiger charge is -2.18. The van der Waals surface area contributed by atoms with Crippen molar-refractivity contribution < 1.29 is 33.2 Å². The number of rotatable bonds is 4. The van der Waals surface area contributed by atoms with Crippen molar-refractivity contribution in [3.63, 3.8) is 0 Å². The van der Waals surface area contributed by atoms with Crippen LogP contribution in [0.2, 0.25) is 0 Å². The summed E-state index contributed by atoms with van der Waals surface area (Å²) in [4.78, 5) is 15.4. The number of aromatic nitrogens is 2. The van der Waals surface area contributed by atoms with Gasteiger partial charge in [0.2, 0.25) is 0 Å². The molecule has 0 bridgehead atoms. The Balaban J connectivity index is 2.32. The fourth-order valence-electron chi connectivity index (χ4n) is 2.24. The van der Waals surface area contributed by atoms with E-state index in [1.54, 1.807) is 0 Å². The zero-order chi connectivity index (χ0) is 18.1. The van der Waals surface area contributed by atoms with Crippen molar-refractivity contribution in [1.29, 1.82) is 0 Å².